The minimum Gasteiger partial charge on any atom is -0.229 e. The van der Waals surface area contributed by atoms with Crippen molar-refractivity contribution in [1.82, 2.24) is 0 Å². The van der Waals surface area contributed by atoms with Gasteiger partial charge in [-0.25, -0.2) is 4.99 Å². The lowest BCUT2D eigenvalue weighted by Crippen LogP contribution is -2.52. The number of isothiocyanates is 1. The summed E-state index contributed by atoms with van der Waals surface area (Å²) in [6, 6.07) is 0.454. The molecule has 0 unspecified atom stereocenters. The lowest BCUT2D eigenvalue weighted by atomic mass is 9.49. The van der Waals surface area contributed by atoms with Crippen molar-refractivity contribution < 1.29 is 0 Å². The van der Waals surface area contributed by atoms with E-state index in [0.29, 0.717) is 16.9 Å². The maximum atomic E-state index is 4.85. The van der Waals surface area contributed by atoms with Gasteiger partial charge in [0.05, 0.1) is 11.2 Å². The van der Waals surface area contributed by atoms with Crippen LogP contribution in [0.5, 0.6) is 0 Å². The Kier molecular flexibility index (Phi) is 2.78. The number of rotatable bonds is 2. The average molecular weight is 263 g/mol. The maximum Gasteiger partial charge on any atom is 0.0659 e. The topological polar surface area (TPSA) is 12.4 Å². The van der Waals surface area contributed by atoms with Crippen LogP contribution in [0, 0.1) is 34.5 Å². The first kappa shape index (κ1) is 12.8. The van der Waals surface area contributed by atoms with Crippen LogP contribution in [0.15, 0.2) is 4.99 Å². The summed E-state index contributed by atoms with van der Waals surface area (Å²) in [5.41, 5.74) is 0.976. The Hall–Kier alpha value is -0.200. The predicted molar refractivity (Wildman–Crippen MR) is 78.8 cm³/mol. The molecule has 0 aromatic carbocycles. The summed E-state index contributed by atoms with van der Waals surface area (Å²) in [5, 5.41) is 2.65. The minimum atomic E-state index is 0.392. The van der Waals surface area contributed by atoms with Crippen molar-refractivity contribution in [2.24, 2.45) is 39.5 Å². The van der Waals surface area contributed by atoms with Crippen LogP contribution in [0.1, 0.15) is 53.4 Å². The zero-order valence-electron chi connectivity index (χ0n) is 12.1. The van der Waals surface area contributed by atoms with Crippen LogP contribution in [-0.4, -0.2) is 11.2 Å². The van der Waals surface area contributed by atoms with Gasteiger partial charge in [0.2, 0.25) is 0 Å². The Balaban J connectivity index is 1.96. The predicted octanol–water partition coefficient (Wildman–Crippen LogP) is 4.58. The van der Waals surface area contributed by atoms with Gasteiger partial charge in [-0.3, -0.25) is 0 Å². The lowest BCUT2D eigenvalue weighted by Gasteiger charge is -2.57. The van der Waals surface area contributed by atoms with Crippen LogP contribution in [0.25, 0.3) is 0 Å². The van der Waals surface area contributed by atoms with Crippen molar-refractivity contribution in [3.8, 4) is 0 Å². The summed E-state index contributed by atoms with van der Waals surface area (Å²) in [5.74, 6) is 3.63. The van der Waals surface area contributed by atoms with E-state index in [1.807, 2.05) is 0 Å². The number of thiocarbonyl (C=S) groups is 1. The van der Waals surface area contributed by atoms with E-state index in [2.05, 4.69) is 37.8 Å². The van der Waals surface area contributed by atoms with Crippen LogP contribution in [0.4, 0.5) is 0 Å². The van der Waals surface area contributed by atoms with Gasteiger partial charge in [0.25, 0.3) is 0 Å². The molecule has 4 aliphatic carbocycles. The highest BCUT2D eigenvalue weighted by Crippen LogP contribution is 2.70. The van der Waals surface area contributed by atoms with Gasteiger partial charge >= 0.3 is 0 Å². The van der Waals surface area contributed by atoms with E-state index in [1.165, 1.54) is 25.7 Å². The molecule has 0 aromatic heterocycles. The van der Waals surface area contributed by atoms with Crippen molar-refractivity contribution in [3.63, 3.8) is 0 Å². The molecule has 6 atom stereocenters. The van der Waals surface area contributed by atoms with Crippen LogP contribution >= 0.6 is 12.2 Å². The second kappa shape index (κ2) is 3.90. The Morgan fingerprint density at radius 2 is 1.94 bits per heavy atom. The number of aliphatic imine (C=N–C) groups is 1. The summed E-state index contributed by atoms with van der Waals surface area (Å²) >= 11 is 4.85. The molecule has 100 valence electrons. The molecule has 0 saturated heterocycles. The summed E-state index contributed by atoms with van der Waals surface area (Å²) in [7, 11) is 0. The first-order chi connectivity index (χ1) is 8.39. The quantitative estimate of drug-likeness (QED) is 0.525. The van der Waals surface area contributed by atoms with E-state index in [-0.39, 0.29) is 0 Å². The molecule has 4 aliphatic rings. The van der Waals surface area contributed by atoms with Crippen molar-refractivity contribution in [1.29, 1.82) is 0 Å². The summed E-state index contributed by atoms with van der Waals surface area (Å²) < 4.78 is 0. The Morgan fingerprint density at radius 1 is 1.22 bits per heavy atom. The number of nitrogens with zero attached hydrogens (tertiary/aromatic N) is 1. The van der Waals surface area contributed by atoms with Crippen molar-refractivity contribution in [2.75, 3.05) is 0 Å². The van der Waals surface area contributed by atoms with E-state index in [4.69, 9.17) is 12.2 Å². The molecular weight excluding hydrogens is 238 g/mol. The van der Waals surface area contributed by atoms with E-state index >= 15 is 0 Å². The molecule has 0 aliphatic heterocycles. The third-order valence-electron chi connectivity index (χ3n) is 6.52. The zero-order valence-corrected chi connectivity index (χ0v) is 12.9. The van der Waals surface area contributed by atoms with E-state index in [0.717, 1.165) is 23.7 Å². The molecular formula is C16H25NS. The highest BCUT2D eigenvalue weighted by molar-refractivity contribution is 7.78. The Labute approximate surface area is 116 Å². The summed E-state index contributed by atoms with van der Waals surface area (Å²) in [6.45, 7) is 9.83. The largest absolute Gasteiger partial charge is 0.229 e. The van der Waals surface area contributed by atoms with Crippen molar-refractivity contribution >= 4 is 17.4 Å². The highest BCUT2D eigenvalue weighted by atomic mass is 32.1. The normalized spacial score (nSPS) is 53.6. The molecule has 18 heavy (non-hydrogen) atoms. The monoisotopic (exact) mass is 263 g/mol. The van der Waals surface area contributed by atoms with Gasteiger partial charge in [0.15, 0.2) is 0 Å². The van der Waals surface area contributed by atoms with Gasteiger partial charge in [0.1, 0.15) is 0 Å². The molecule has 4 bridgehead atoms. The number of fused-ring (bicyclic) bond motifs is 1. The second-order valence-electron chi connectivity index (χ2n) is 8.04. The maximum absolute atomic E-state index is 4.85. The third kappa shape index (κ3) is 1.58. The molecule has 0 heterocycles. The fourth-order valence-corrected chi connectivity index (χ4v) is 6.05. The van der Waals surface area contributed by atoms with E-state index in [1.54, 1.807) is 0 Å². The van der Waals surface area contributed by atoms with Crippen molar-refractivity contribution in [3.05, 3.63) is 0 Å². The van der Waals surface area contributed by atoms with Gasteiger partial charge in [-0.05, 0) is 72.4 Å². The number of hydrogen-bond donors (Lipinski definition) is 0. The SMILES string of the molecule is CC(C)[C@@H]1C[C@]2(C)C[C@]3(C)C[C@H]1[C@H]2C[C@H]3N=C=S. The summed E-state index contributed by atoms with van der Waals surface area (Å²) in [6.07, 6.45) is 5.45. The summed E-state index contributed by atoms with van der Waals surface area (Å²) in [4.78, 5) is 4.50. The first-order valence-corrected chi connectivity index (χ1v) is 7.87. The minimum absolute atomic E-state index is 0.392. The first-order valence-electron chi connectivity index (χ1n) is 7.47. The fourth-order valence-electron chi connectivity index (χ4n) is 5.93. The number of hydrogen-bond acceptors (Lipinski definition) is 2. The van der Waals surface area contributed by atoms with Gasteiger partial charge < -0.3 is 0 Å². The average Bonchev–Trinajstić information content (AvgIpc) is 2.47. The Morgan fingerprint density at radius 3 is 2.50 bits per heavy atom. The molecule has 0 amide bonds. The van der Waals surface area contributed by atoms with Crippen LogP contribution < -0.4 is 0 Å². The molecule has 0 aromatic rings. The van der Waals surface area contributed by atoms with E-state index < -0.39 is 0 Å². The molecule has 2 heteroatoms. The van der Waals surface area contributed by atoms with E-state index in [9.17, 15) is 0 Å². The van der Waals surface area contributed by atoms with Gasteiger partial charge in [0, 0.05) is 0 Å². The standard InChI is InChI=1S/C16H25NS/c1-10(2)11-6-15(3)8-16(4)7-12(11)13(15)5-14(16)17-9-18/h10-14H,5-8H2,1-4H3/t11-,12+,13+,14+,15+,16-/m0/s1. The highest BCUT2D eigenvalue weighted by Gasteiger charge is 2.64. The molecule has 0 N–H and O–H groups in total. The third-order valence-corrected chi connectivity index (χ3v) is 6.63. The zero-order chi connectivity index (χ0) is 13.1. The van der Waals surface area contributed by atoms with Crippen LogP contribution in [0.2, 0.25) is 0 Å². The van der Waals surface area contributed by atoms with Crippen molar-refractivity contribution in [2.45, 2.75) is 59.4 Å². The smallest absolute Gasteiger partial charge is 0.0659 e. The van der Waals surface area contributed by atoms with Crippen LogP contribution in [0.3, 0.4) is 0 Å². The Bertz CT molecular complexity index is 411. The molecule has 4 fully saturated rings. The van der Waals surface area contributed by atoms with Gasteiger partial charge in [-0.2, -0.15) is 0 Å². The molecule has 0 spiro atoms. The molecule has 0 radical (unpaired) electrons. The molecule has 4 rings (SSSR count). The lowest BCUT2D eigenvalue weighted by molar-refractivity contribution is -0.0591. The van der Waals surface area contributed by atoms with Gasteiger partial charge in [-0.1, -0.05) is 27.7 Å². The second-order valence-corrected chi connectivity index (χ2v) is 8.23. The molecule has 1 nitrogen and oxygen atoms in total. The molecule has 4 saturated carbocycles. The van der Waals surface area contributed by atoms with Crippen LogP contribution in [-0.2, 0) is 0 Å². The fraction of sp³-hybridized carbons (Fsp3) is 0.938. The van der Waals surface area contributed by atoms with Gasteiger partial charge in [-0.15, -0.1) is 0 Å².